The van der Waals surface area contributed by atoms with Gasteiger partial charge >= 0.3 is 0 Å². The van der Waals surface area contributed by atoms with Gasteiger partial charge < -0.3 is 4.74 Å². The normalized spacial score (nSPS) is 10.2. The van der Waals surface area contributed by atoms with Gasteiger partial charge in [0.2, 0.25) is 0 Å². The van der Waals surface area contributed by atoms with E-state index in [2.05, 4.69) is 9.97 Å². The number of ether oxygens (including phenoxy) is 1. The number of methoxy groups -OCH3 is 1. The van der Waals surface area contributed by atoms with Crippen molar-refractivity contribution in [3.05, 3.63) is 17.5 Å². The lowest BCUT2D eigenvalue weighted by Gasteiger charge is -2.02. The Kier molecular flexibility index (Phi) is 3.49. The summed E-state index contributed by atoms with van der Waals surface area (Å²) in [6.45, 7) is 2.51. The molecule has 3 nitrogen and oxygen atoms in total. The second kappa shape index (κ2) is 4.42. The van der Waals surface area contributed by atoms with E-state index in [1.54, 1.807) is 18.9 Å². The molecule has 0 saturated carbocycles. The van der Waals surface area contributed by atoms with Gasteiger partial charge in [0.05, 0.1) is 12.3 Å². The SMILES string of the molecule is COCc1cc(C)nc(SC)n1. The zero-order chi connectivity index (χ0) is 8.97. The van der Waals surface area contributed by atoms with Crippen LogP contribution in [0, 0.1) is 6.92 Å². The summed E-state index contributed by atoms with van der Waals surface area (Å²) in [5.41, 5.74) is 1.93. The maximum absolute atomic E-state index is 4.98. The number of aromatic nitrogens is 2. The van der Waals surface area contributed by atoms with E-state index >= 15 is 0 Å². The highest BCUT2D eigenvalue weighted by Gasteiger charge is 1.99. The lowest BCUT2D eigenvalue weighted by molar-refractivity contribution is 0.180. The van der Waals surface area contributed by atoms with Gasteiger partial charge in [-0.2, -0.15) is 0 Å². The number of aryl methyl sites for hydroxylation is 1. The van der Waals surface area contributed by atoms with Gasteiger partial charge in [0.15, 0.2) is 5.16 Å². The van der Waals surface area contributed by atoms with E-state index in [1.165, 1.54) is 0 Å². The first kappa shape index (κ1) is 9.48. The molecule has 1 aromatic rings. The lowest BCUT2D eigenvalue weighted by Crippen LogP contribution is -1.97. The summed E-state index contributed by atoms with van der Waals surface area (Å²) >= 11 is 1.55. The van der Waals surface area contributed by atoms with Crippen LogP contribution >= 0.6 is 11.8 Å². The van der Waals surface area contributed by atoms with E-state index in [1.807, 2.05) is 19.2 Å². The number of nitrogens with zero attached hydrogens (tertiary/aromatic N) is 2. The van der Waals surface area contributed by atoms with Crippen LogP contribution in [0.2, 0.25) is 0 Å². The van der Waals surface area contributed by atoms with E-state index in [9.17, 15) is 0 Å². The van der Waals surface area contributed by atoms with Crippen molar-refractivity contribution in [3.63, 3.8) is 0 Å². The molecule has 0 aromatic carbocycles. The lowest BCUT2D eigenvalue weighted by atomic mass is 10.3. The zero-order valence-electron chi connectivity index (χ0n) is 7.50. The number of rotatable bonds is 3. The van der Waals surface area contributed by atoms with Gasteiger partial charge in [-0.15, -0.1) is 0 Å². The predicted molar refractivity (Wildman–Crippen MR) is 49.3 cm³/mol. The minimum atomic E-state index is 0.553. The van der Waals surface area contributed by atoms with Crippen LogP contribution in [0.25, 0.3) is 0 Å². The van der Waals surface area contributed by atoms with Crippen molar-refractivity contribution in [3.8, 4) is 0 Å². The molecule has 1 aromatic heterocycles. The maximum Gasteiger partial charge on any atom is 0.187 e. The Bertz CT molecular complexity index is 265. The zero-order valence-corrected chi connectivity index (χ0v) is 8.31. The molecule has 0 N–H and O–H groups in total. The summed E-state index contributed by atoms with van der Waals surface area (Å²) in [7, 11) is 1.66. The summed E-state index contributed by atoms with van der Waals surface area (Å²) in [4.78, 5) is 8.50. The fourth-order valence-electron chi connectivity index (χ4n) is 0.917. The molecule has 1 rings (SSSR count). The van der Waals surface area contributed by atoms with E-state index in [-0.39, 0.29) is 0 Å². The number of hydrogen-bond acceptors (Lipinski definition) is 4. The van der Waals surface area contributed by atoms with E-state index < -0.39 is 0 Å². The van der Waals surface area contributed by atoms with Gasteiger partial charge in [0, 0.05) is 12.8 Å². The molecule has 0 aliphatic rings. The van der Waals surface area contributed by atoms with Crippen LogP contribution in [0.4, 0.5) is 0 Å². The second-order valence-corrected chi connectivity index (χ2v) is 3.19. The van der Waals surface area contributed by atoms with Crippen LogP contribution in [0.15, 0.2) is 11.2 Å². The highest BCUT2D eigenvalue weighted by atomic mass is 32.2. The van der Waals surface area contributed by atoms with E-state index in [0.29, 0.717) is 6.61 Å². The van der Waals surface area contributed by atoms with Crippen molar-refractivity contribution in [1.82, 2.24) is 9.97 Å². The average molecular weight is 184 g/mol. The summed E-state index contributed by atoms with van der Waals surface area (Å²) in [5.74, 6) is 0. The van der Waals surface area contributed by atoms with Gasteiger partial charge in [-0.25, -0.2) is 9.97 Å². The molecule has 0 aliphatic heterocycles. The van der Waals surface area contributed by atoms with Crippen molar-refractivity contribution in [1.29, 1.82) is 0 Å². The Hall–Kier alpha value is -0.610. The molecular weight excluding hydrogens is 172 g/mol. The number of thioether (sulfide) groups is 1. The van der Waals surface area contributed by atoms with Gasteiger partial charge in [0.1, 0.15) is 0 Å². The third-order valence-electron chi connectivity index (χ3n) is 1.36. The Morgan fingerprint density at radius 1 is 1.50 bits per heavy atom. The molecule has 0 atom stereocenters. The van der Waals surface area contributed by atoms with Crippen molar-refractivity contribution in [2.45, 2.75) is 18.7 Å². The van der Waals surface area contributed by atoms with Crippen molar-refractivity contribution < 1.29 is 4.74 Å². The molecule has 0 bridgehead atoms. The first-order valence-electron chi connectivity index (χ1n) is 3.63. The molecule has 0 saturated heterocycles. The van der Waals surface area contributed by atoms with Gasteiger partial charge in [0.25, 0.3) is 0 Å². The maximum atomic E-state index is 4.98. The summed E-state index contributed by atoms with van der Waals surface area (Å²) in [6, 6.07) is 1.93. The number of hydrogen-bond donors (Lipinski definition) is 0. The Balaban J connectivity index is 2.90. The van der Waals surface area contributed by atoms with Gasteiger partial charge in [-0.1, -0.05) is 11.8 Å². The molecule has 0 amide bonds. The van der Waals surface area contributed by atoms with E-state index in [4.69, 9.17) is 4.74 Å². The predicted octanol–water partition coefficient (Wildman–Crippen LogP) is 1.65. The largest absolute Gasteiger partial charge is 0.378 e. The highest BCUT2D eigenvalue weighted by molar-refractivity contribution is 7.98. The minimum absolute atomic E-state index is 0.553. The smallest absolute Gasteiger partial charge is 0.187 e. The van der Waals surface area contributed by atoms with Gasteiger partial charge in [-0.05, 0) is 19.2 Å². The van der Waals surface area contributed by atoms with Crippen molar-refractivity contribution in [2.75, 3.05) is 13.4 Å². The molecular formula is C8H12N2OS. The Morgan fingerprint density at radius 3 is 2.83 bits per heavy atom. The standard InChI is InChI=1S/C8H12N2OS/c1-6-4-7(5-11-2)10-8(9-6)12-3/h4H,5H2,1-3H3. The molecule has 0 fully saturated rings. The quantitative estimate of drug-likeness (QED) is 0.528. The third-order valence-corrected chi connectivity index (χ3v) is 1.91. The fourth-order valence-corrected chi connectivity index (χ4v) is 1.36. The molecule has 1 heterocycles. The highest BCUT2D eigenvalue weighted by Crippen LogP contribution is 2.10. The first-order valence-corrected chi connectivity index (χ1v) is 4.86. The molecule has 66 valence electrons. The van der Waals surface area contributed by atoms with Crippen molar-refractivity contribution >= 4 is 11.8 Å². The van der Waals surface area contributed by atoms with E-state index in [0.717, 1.165) is 16.5 Å². The fraction of sp³-hybridized carbons (Fsp3) is 0.500. The summed E-state index contributed by atoms with van der Waals surface area (Å²) in [6.07, 6.45) is 1.96. The first-order chi connectivity index (χ1) is 5.76. The van der Waals surface area contributed by atoms with Crippen LogP contribution in [-0.4, -0.2) is 23.3 Å². The molecule has 0 unspecified atom stereocenters. The van der Waals surface area contributed by atoms with Crippen LogP contribution in [0.5, 0.6) is 0 Å². The van der Waals surface area contributed by atoms with Crippen LogP contribution in [0.1, 0.15) is 11.4 Å². The van der Waals surface area contributed by atoms with Crippen LogP contribution < -0.4 is 0 Å². The summed E-state index contributed by atoms with van der Waals surface area (Å²) in [5, 5.41) is 0.807. The molecule has 12 heavy (non-hydrogen) atoms. The molecule has 0 aliphatic carbocycles. The molecule has 4 heteroatoms. The average Bonchev–Trinajstić information content (AvgIpc) is 2.04. The molecule has 0 radical (unpaired) electrons. The second-order valence-electron chi connectivity index (χ2n) is 2.42. The van der Waals surface area contributed by atoms with Crippen LogP contribution in [0.3, 0.4) is 0 Å². The monoisotopic (exact) mass is 184 g/mol. The van der Waals surface area contributed by atoms with Gasteiger partial charge in [-0.3, -0.25) is 0 Å². The topological polar surface area (TPSA) is 35.0 Å². The van der Waals surface area contributed by atoms with Crippen LogP contribution in [-0.2, 0) is 11.3 Å². The summed E-state index contributed by atoms with van der Waals surface area (Å²) < 4.78 is 4.98. The van der Waals surface area contributed by atoms with Crippen molar-refractivity contribution in [2.24, 2.45) is 0 Å². The Labute approximate surface area is 76.6 Å². The third kappa shape index (κ3) is 2.46. The molecule has 0 spiro atoms. The minimum Gasteiger partial charge on any atom is -0.378 e. The Morgan fingerprint density at radius 2 is 2.25 bits per heavy atom.